The van der Waals surface area contributed by atoms with Crippen LogP contribution in [0.4, 0.5) is 0 Å². The lowest BCUT2D eigenvalue weighted by Crippen LogP contribution is -1.95. The quantitative estimate of drug-likeness (QED) is 0.292. The van der Waals surface area contributed by atoms with Gasteiger partial charge in [0.25, 0.3) is 0 Å². The van der Waals surface area contributed by atoms with Crippen LogP contribution < -0.4 is 0 Å². The second-order valence-electron chi connectivity index (χ2n) is 1.91. The summed E-state index contributed by atoms with van der Waals surface area (Å²) in [5, 5.41) is 11.2. The van der Waals surface area contributed by atoms with Gasteiger partial charge in [-0.3, -0.25) is 4.57 Å². The normalized spacial score (nSPS) is 11.0. The van der Waals surface area contributed by atoms with E-state index in [0.29, 0.717) is 0 Å². The Kier molecular flexibility index (Phi) is 5.07. The summed E-state index contributed by atoms with van der Waals surface area (Å²) in [4.78, 5) is 0. The molecule has 0 heterocycles. The highest BCUT2D eigenvalue weighted by molar-refractivity contribution is 7.59. The van der Waals surface area contributed by atoms with Crippen molar-refractivity contribution in [2.45, 2.75) is 0 Å². The molecule has 11 heavy (non-hydrogen) atoms. The fourth-order valence-corrected chi connectivity index (χ4v) is 1.77. The summed E-state index contributed by atoms with van der Waals surface area (Å²) < 4.78 is 15.5. The van der Waals surface area contributed by atoms with Gasteiger partial charge >= 0.3 is 0 Å². The molecule has 4 nitrogen and oxygen atoms in total. The second-order valence-corrected chi connectivity index (χ2v) is 4.41. The van der Waals surface area contributed by atoms with Crippen molar-refractivity contribution in [2.24, 2.45) is 0 Å². The molecule has 0 rings (SSSR count). The minimum Gasteiger partial charge on any atom is -0.289 e. The van der Waals surface area contributed by atoms with Crippen LogP contribution in [-0.2, 0) is 14.3 Å². The van der Waals surface area contributed by atoms with Crippen LogP contribution >= 0.6 is 7.37 Å². The van der Waals surface area contributed by atoms with E-state index in [-0.39, 0.29) is 12.3 Å². The van der Waals surface area contributed by atoms with Crippen molar-refractivity contribution in [3.05, 3.63) is 25.3 Å². The molecule has 64 valence electrons. The van der Waals surface area contributed by atoms with E-state index in [0.717, 1.165) is 0 Å². The SMILES string of the molecule is C=CCP(=O)(CC=C)OOO. The molecule has 0 unspecified atom stereocenters. The first-order valence-corrected chi connectivity index (χ1v) is 4.98. The van der Waals surface area contributed by atoms with Gasteiger partial charge in [-0.2, -0.15) is 0 Å². The molecule has 0 aromatic rings. The highest BCUT2D eigenvalue weighted by Gasteiger charge is 2.20. The van der Waals surface area contributed by atoms with Crippen molar-refractivity contribution in [1.82, 2.24) is 0 Å². The first-order valence-electron chi connectivity index (χ1n) is 2.98. The van der Waals surface area contributed by atoms with Crippen LogP contribution in [0, 0.1) is 0 Å². The van der Waals surface area contributed by atoms with Crippen molar-refractivity contribution in [2.75, 3.05) is 12.3 Å². The van der Waals surface area contributed by atoms with Crippen LogP contribution in [0.5, 0.6) is 0 Å². The van der Waals surface area contributed by atoms with E-state index in [4.69, 9.17) is 5.26 Å². The van der Waals surface area contributed by atoms with Crippen molar-refractivity contribution in [1.29, 1.82) is 0 Å². The third-order valence-electron chi connectivity index (χ3n) is 0.984. The molecular weight excluding hydrogens is 167 g/mol. The van der Waals surface area contributed by atoms with Gasteiger partial charge in [0.1, 0.15) is 0 Å². The van der Waals surface area contributed by atoms with Gasteiger partial charge in [0, 0.05) is 12.3 Å². The molecule has 0 saturated carbocycles. The van der Waals surface area contributed by atoms with E-state index >= 15 is 0 Å². The lowest BCUT2D eigenvalue weighted by atomic mass is 10.8. The van der Waals surface area contributed by atoms with Crippen LogP contribution in [-0.4, -0.2) is 17.6 Å². The van der Waals surface area contributed by atoms with Gasteiger partial charge in [-0.25, -0.2) is 5.26 Å². The van der Waals surface area contributed by atoms with E-state index in [2.05, 4.69) is 22.9 Å². The maximum Gasteiger partial charge on any atom is 0.246 e. The summed E-state index contributed by atoms with van der Waals surface area (Å²) in [7, 11) is -2.93. The highest BCUT2D eigenvalue weighted by atomic mass is 31.2. The van der Waals surface area contributed by atoms with Crippen molar-refractivity contribution < 1.29 is 19.5 Å². The number of rotatable bonds is 6. The molecule has 0 aliphatic carbocycles. The Morgan fingerprint density at radius 1 is 1.36 bits per heavy atom. The monoisotopic (exact) mass is 178 g/mol. The summed E-state index contributed by atoms with van der Waals surface area (Å²) in [5.74, 6) is 0. The molecular formula is C6H11O4P. The van der Waals surface area contributed by atoms with Gasteiger partial charge in [0.2, 0.25) is 7.37 Å². The molecule has 0 aliphatic heterocycles. The molecule has 0 amide bonds. The zero-order valence-electron chi connectivity index (χ0n) is 6.10. The van der Waals surface area contributed by atoms with E-state index in [9.17, 15) is 4.57 Å². The summed E-state index contributed by atoms with van der Waals surface area (Å²) in [6.45, 7) is 6.77. The maximum atomic E-state index is 11.4. The fraction of sp³-hybridized carbons (Fsp3) is 0.333. The standard InChI is InChI=1S/C6H11O4P/c1-3-5-11(8,6-4-2)10-9-7/h3-4,7H,1-2,5-6H2. The molecule has 0 bridgehead atoms. The topological polar surface area (TPSA) is 55.8 Å². The van der Waals surface area contributed by atoms with Gasteiger partial charge in [0.15, 0.2) is 0 Å². The lowest BCUT2D eigenvalue weighted by Gasteiger charge is -2.09. The zero-order valence-corrected chi connectivity index (χ0v) is 7.00. The van der Waals surface area contributed by atoms with Gasteiger partial charge in [-0.1, -0.05) is 17.2 Å². The van der Waals surface area contributed by atoms with E-state index < -0.39 is 7.37 Å². The summed E-state index contributed by atoms with van der Waals surface area (Å²) in [5.41, 5.74) is 0. The molecule has 0 atom stereocenters. The van der Waals surface area contributed by atoms with Crippen molar-refractivity contribution >= 4 is 7.37 Å². The van der Waals surface area contributed by atoms with Crippen LogP contribution in [0.2, 0.25) is 0 Å². The van der Waals surface area contributed by atoms with Gasteiger partial charge in [0.05, 0.1) is 0 Å². The molecule has 0 aromatic heterocycles. The maximum absolute atomic E-state index is 11.4. The first kappa shape index (κ1) is 10.6. The number of hydrogen-bond donors (Lipinski definition) is 1. The Balaban J connectivity index is 4.11. The van der Waals surface area contributed by atoms with Crippen LogP contribution in [0.15, 0.2) is 25.3 Å². The van der Waals surface area contributed by atoms with Crippen molar-refractivity contribution in [3.8, 4) is 0 Å². The minimum absolute atomic E-state index is 0.152. The van der Waals surface area contributed by atoms with Gasteiger partial charge in [-0.15, -0.1) is 17.8 Å². The Bertz CT molecular complexity index is 163. The van der Waals surface area contributed by atoms with Crippen molar-refractivity contribution in [3.63, 3.8) is 0 Å². The molecule has 1 N–H and O–H groups in total. The predicted molar refractivity (Wildman–Crippen MR) is 42.5 cm³/mol. The molecule has 0 aromatic carbocycles. The predicted octanol–water partition coefficient (Wildman–Crippen LogP) is 2.06. The lowest BCUT2D eigenvalue weighted by molar-refractivity contribution is -0.439. The molecule has 0 radical (unpaired) electrons. The zero-order chi connectivity index (χ0) is 8.74. The Morgan fingerprint density at radius 2 is 1.82 bits per heavy atom. The minimum atomic E-state index is -2.93. The Hall–Kier alpha value is -0.410. The molecule has 5 heteroatoms. The smallest absolute Gasteiger partial charge is 0.246 e. The average Bonchev–Trinajstić information content (AvgIpc) is 1.88. The third kappa shape index (κ3) is 4.11. The largest absolute Gasteiger partial charge is 0.289 e. The average molecular weight is 178 g/mol. The van der Waals surface area contributed by atoms with Gasteiger partial charge in [-0.05, 0) is 0 Å². The fourth-order valence-electron chi connectivity index (χ4n) is 0.590. The Labute approximate surface area is 65.4 Å². The van der Waals surface area contributed by atoms with E-state index in [1.807, 2.05) is 0 Å². The summed E-state index contributed by atoms with van der Waals surface area (Å²) >= 11 is 0. The number of allylic oxidation sites excluding steroid dienone is 2. The first-order chi connectivity index (χ1) is 5.18. The molecule has 0 spiro atoms. The van der Waals surface area contributed by atoms with Crippen LogP contribution in [0.25, 0.3) is 0 Å². The summed E-state index contributed by atoms with van der Waals surface area (Å²) in [6.07, 6.45) is 3.17. The summed E-state index contributed by atoms with van der Waals surface area (Å²) in [6, 6.07) is 0. The van der Waals surface area contributed by atoms with E-state index in [1.54, 1.807) is 0 Å². The molecule has 0 saturated heterocycles. The highest BCUT2D eigenvalue weighted by Crippen LogP contribution is 2.46. The van der Waals surface area contributed by atoms with Crippen LogP contribution in [0.3, 0.4) is 0 Å². The Morgan fingerprint density at radius 3 is 2.09 bits per heavy atom. The molecule has 0 aliphatic rings. The van der Waals surface area contributed by atoms with Crippen LogP contribution in [0.1, 0.15) is 0 Å². The third-order valence-corrected chi connectivity index (χ3v) is 2.95. The second kappa shape index (κ2) is 5.27. The number of hydrogen-bond acceptors (Lipinski definition) is 4. The van der Waals surface area contributed by atoms with Gasteiger partial charge < -0.3 is 0 Å². The molecule has 0 fully saturated rings. The van der Waals surface area contributed by atoms with E-state index in [1.165, 1.54) is 12.2 Å².